The Hall–Kier alpha value is -1.83. The van der Waals surface area contributed by atoms with Crippen molar-refractivity contribution in [1.82, 2.24) is 9.97 Å². The van der Waals surface area contributed by atoms with Crippen LogP contribution in [0.1, 0.15) is 5.69 Å². The summed E-state index contributed by atoms with van der Waals surface area (Å²) in [5, 5.41) is 8.67. The van der Waals surface area contributed by atoms with Crippen LogP contribution < -0.4 is 9.64 Å². The number of nitriles is 1. The van der Waals surface area contributed by atoms with Crippen molar-refractivity contribution in [2.24, 2.45) is 5.92 Å². The fourth-order valence-electron chi connectivity index (χ4n) is 1.53. The largest absolute Gasteiger partial charge is 0.467 e. The van der Waals surface area contributed by atoms with E-state index >= 15 is 0 Å². The Morgan fingerprint density at radius 2 is 2.27 bits per heavy atom. The second-order valence-electron chi connectivity index (χ2n) is 3.59. The molecule has 0 atom stereocenters. The van der Waals surface area contributed by atoms with E-state index in [0.717, 1.165) is 24.6 Å². The number of aryl methyl sites for hydroxylation is 1. The molecule has 0 aromatic carbocycles. The topological polar surface area (TPSA) is 62.0 Å². The Morgan fingerprint density at radius 3 is 2.87 bits per heavy atom. The van der Waals surface area contributed by atoms with Gasteiger partial charge in [-0.25, -0.2) is 4.98 Å². The summed E-state index contributed by atoms with van der Waals surface area (Å²) >= 11 is 0. The van der Waals surface area contributed by atoms with Gasteiger partial charge in [0.2, 0.25) is 0 Å². The number of methoxy groups -OCH3 is 1. The lowest BCUT2D eigenvalue weighted by Gasteiger charge is -2.36. The maximum Gasteiger partial charge on any atom is 0.318 e. The first-order valence-electron chi connectivity index (χ1n) is 4.77. The van der Waals surface area contributed by atoms with E-state index in [9.17, 15) is 0 Å². The van der Waals surface area contributed by atoms with Gasteiger partial charge < -0.3 is 9.64 Å². The number of aromatic nitrogens is 2. The highest BCUT2D eigenvalue weighted by Gasteiger charge is 2.27. The minimum Gasteiger partial charge on any atom is -0.467 e. The van der Waals surface area contributed by atoms with E-state index in [1.54, 1.807) is 7.11 Å². The van der Waals surface area contributed by atoms with Crippen LogP contribution in [-0.4, -0.2) is 30.2 Å². The lowest BCUT2D eigenvalue weighted by molar-refractivity contribution is 0.377. The van der Waals surface area contributed by atoms with E-state index in [4.69, 9.17) is 10.00 Å². The molecule has 78 valence electrons. The molecule has 1 aliphatic rings. The van der Waals surface area contributed by atoms with Gasteiger partial charge in [0.25, 0.3) is 0 Å². The first-order valence-corrected chi connectivity index (χ1v) is 4.77. The molecule has 1 aromatic rings. The first kappa shape index (κ1) is 9.71. The zero-order valence-corrected chi connectivity index (χ0v) is 8.77. The molecule has 0 N–H and O–H groups in total. The Morgan fingerprint density at radius 1 is 1.53 bits per heavy atom. The zero-order chi connectivity index (χ0) is 10.8. The van der Waals surface area contributed by atoms with Crippen LogP contribution in [0, 0.1) is 24.2 Å². The molecule has 0 bridgehead atoms. The average Bonchev–Trinajstić information content (AvgIpc) is 2.15. The quantitative estimate of drug-likeness (QED) is 0.711. The molecule has 1 fully saturated rings. The smallest absolute Gasteiger partial charge is 0.318 e. The van der Waals surface area contributed by atoms with Gasteiger partial charge in [0.1, 0.15) is 5.82 Å². The molecule has 2 rings (SSSR count). The molecule has 0 saturated carbocycles. The molecule has 1 aromatic heterocycles. The van der Waals surface area contributed by atoms with Crippen molar-refractivity contribution in [3.63, 3.8) is 0 Å². The van der Waals surface area contributed by atoms with E-state index in [2.05, 4.69) is 16.0 Å². The van der Waals surface area contributed by atoms with Gasteiger partial charge in [0.15, 0.2) is 0 Å². The zero-order valence-electron chi connectivity index (χ0n) is 8.77. The van der Waals surface area contributed by atoms with Crippen LogP contribution in [0.2, 0.25) is 0 Å². The predicted octanol–water partition coefficient (Wildman–Crippen LogP) is 0.753. The van der Waals surface area contributed by atoms with Crippen molar-refractivity contribution < 1.29 is 4.74 Å². The van der Waals surface area contributed by atoms with Crippen LogP contribution in [0.5, 0.6) is 6.01 Å². The maximum atomic E-state index is 8.67. The minimum atomic E-state index is 0.131. The predicted molar refractivity (Wildman–Crippen MR) is 54.6 cm³/mol. The van der Waals surface area contributed by atoms with Gasteiger partial charge in [-0.05, 0) is 6.92 Å². The monoisotopic (exact) mass is 204 g/mol. The van der Waals surface area contributed by atoms with Gasteiger partial charge in [0.05, 0.1) is 19.1 Å². The summed E-state index contributed by atoms with van der Waals surface area (Å²) in [5.41, 5.74) is 0.872. The van der Waals surface area contributed by atoms with E-state index in [-0.39, 0.29) is 5.92 Å². The summed E-state index contributed by atoms with van der Waals surface area (Å²) in [6, 6.07) is 4.51. The summed E-state index contributed by atoms with van der Waals surface area (Å²) in [7, 11) is 1.55. The summed E-state index contributed by atoms with van der Waals surface area (Å²) in [6.45, 7) is 3.39. The van der Waals surface area contributed by atoms with Gasteiger partial charge in [-0.1, -0.05) is 0 Å². The van der Waals surface area contributed by atoms with Crippen molar-refractivity contribution in [2.75, 3.05) is 25.1 Å². The molecule has 0 radical (unpaired) electrons. The molecular weight excluding hydrogens is 192 g/mol. The highest BCUT2D eigenvalue weighted by atomic mass is 16.5. The van der Waals surface area contributed by atoms with Crippen molar-refractivity contribution in [1.29, 1.82) is 5.26 Å². The number of rotatable bonds is 2. The highest BCUT2D eigenvalue weighted by molar-refractivity contribution is 5.44. The van der Waals surface area contributed by atoms with Crippen molar-refractivity contribution in [3.8, 4) is 12.1 Å². The standard InChI is InChI=1S/C10H12N4O/c1-7-3-9(13-10(12-7)15-2)14-5-8(4-11)6-14/h3,8H,5-6H2,1-2H3. The van der Waals surface area contributed by atoms with E-state index in [1.165, 1.54) is 0 Å². The third-order valence-corrected chi connectivity index (χ3v) is 2.39. The van der Waals surface area contributed by atoms with Gasteiger partial charge >= 0.3 is 6.01 Å². The van der Waals surface area contributed by atoms with Crippen LogP contribution in [0.15, 0.2) is 6.07 Å². The number of hydrogen-bond donors (Lipinski definition) is 0. The molecular formula is C10H12N4O. The maximum absolute atomic E-state index is 8.67. The average molecular weight is 204 g/mol. The van der Waals surface area contributed by atoms with Gasteiger partial charge in [0, 0.05) is 24.8 Å². The summed E-state index contributed by atoms with van der Waals surface area (Å²) in [5.74, 6) is 0.970. The van der Waals surface area contributed by atoms with Crippen LogP contribution >= 0.6 is 0 Å². The highest BCUT2D eigenvalue weighted by Crippen LogP contribution is 2.23. The Kier molecular flexibility index (Phi) is 2.42. The minimum absolute atomic E-state index is 0.131. The Labute approximate surface area is 88.3 Å². The molecule has 5 nitrogen and oxygen atoms in total. The third-order valence-electron chi connectivity index (χ3n) is 2.39. The van der Waals surface area contributed by atoms with Crippen LogP contribution in [0.4, 0.5) is 5.82 Å². The molecule has 0 spiro atoms. The molecule has 0 aliphatic carbocycles. The number of hydrogen-bond acceptors (Lipinski definition) is 5. The van der Waals surface area contributed by atoms with Gasteiger partial charge in [-0.2, -0.15) is 10.2 Å². The van der Waals surface area contributed by atoms with Crippen molar-refractivity contribution in [2.45, 2.75) is 6.92 Å². The van der Waals surface area contributed by atoms with E-state index < -0.39 is 0 Å². The molecule has 15 heavy (non-hydrogen) atoms. The first-order chi connectivity index (χ1) is 7.22. The fraction of sp³-hybridized carbons (Fsp3) is 0.500. The SMILES string of the molecule is COc1nc(C)cc(N2CC(C#N)C2)n1. The van der Waals surface area contributed by atoms with Crippen LogP contribution in [0.25, 0.3) is 0 Å². The van der Waals surface area contributed by atoms with Crippen LogP contribution in [0.3, 0.4) is 0 Å². The molecule has 1 saturated heterocycles. The van der Waals surface area contributed by atoms with Gasteiger partial charge in [-0.15, -0.1) is 0 Å². The molecule has 1 aliphatic heterocycles. The lowest BCUT2D eigenvalue weighted by Crippen LogP contribution is -2.46. The normalized spacial score (nSPS) is 15.7. The molecule has 5 heteroatoms. The second kappa shape index (κ2) is 3.73. The van der Waals surface area contributed by atoms with Gasteiger partial charge in [-0.3, -0.25) is 0 Å². The second-order valence-corrected chi connectivity index (χ2v) is 3.59. The Bertz CT molecular complexity index is 406. The number of ether oxygens (including phenoxy) is 1. The molecule has 0 amide bonds. The van der Waals surface area contributed by atoms with Crippen LogP contribution in [-0.2, 0) is 0 Å². The lowest BCUT2D eigenvalue weighted by atomic mass is 10.0. The molecule has 2 heterocycles. The summed E-state index contributed by atoms with van der Waals surface area (Å²) in [4.78, 5) is 10.4. The van der Waals surface area contributed by atoms with E-state index in [1.807, 2.05) is 17.9 Å². The van der Waals surface area contributed by atoms with E-state index in [0.29, 0.717) is 6.01 Å². The summed E-state index contributed by atoms with van der Waals surface area (Å²) in [6.07, 6.45) is 0. The fourth-order valence-corrected chi connectivity index (χ4v) is 1.53. The number of anilines is 1. The summed E-state index contributed by atoms with van der Waals surface area (Å²) < 4.78 is 4.99. The molecule has 0 unspecified atom stereocenters. The third kappa shape index (κ3) is 1.84. The van der Waals surface area contributed by atoms with Crippen molar-refractivity contribution >= 4 is 5.82 Å². The Balaban J connectivity index is 2.16. The van der Waals surface area contributed by atoms with Crippen molar-refractivity contribution in [3.05, 3.63) is 11.8 Å². The number of nitrogens with zero attached hydrogens (tertiary/aromatic N) is 4.